The fourth-order valence-corrected chi connectivity index (χ4v) is 3.04. The Morgan fingerprint density at radius 3 is 2.68 bits per heavy atom. The van der Waals surface area contributed by atoms with Crippen LogP contribution in [-0.2, 0) is 11.3 Å². The summed E-state index contributed by atoms with van der Waals surface area (Å²) in [7, 11) is 0. The number of rotatable bonds is 3. The smallest absolute Gasteiger partial charge is 0.407 e. The van der Waals surface area contributed by atoms with E-state index < -0.39 is 0 Å². The van der Waals surface area contributed by atoms with Gasteiger partial charge in [0.25, 0.3) is 0 Å². The number of hydrogen-bond acceptors (Lipinski definition) is 3. The molecule has 2 aliphatic heterocycles. The predicted octanol–water partition coefficient (Wildman–Crippen LogP) is 2.20. The van der Waals surface area contributed by atoms with Gasteiger partial charge in [0.05, 0.1) is 5.54 Å². The van der Waals surface area contributed by atoms with Crippen LogP contribution in [0.25, 0.3) is 0 Å². The summed E-state index contributed by atoms with van der Waals surface area (Å²) in [5.41, 5.74) is 0.934. The third kappa shape index (κ3) is 2.89. The van der Waals surface area contributed by atoms with Crippen LogP contribution in [0.2, 0.25) is 0 Å². The third-order valence-electron chi connectivity index (χ3n) is 4.25. The summed E-state index contributed by atoms with van der Waals surface area (Å²) >= 11 is 0. The first-order chi connectivity index (χ1) is 9.26. The summed E-state index contributed by atoms with van der Waals surface area (Å²) in [6.45, 7) is 1.21. The van der Waals surface area contributed by atoms with E-state index in [0.717, 1.165) is 37.8 Å². The first kappa shape index (κ1) is 12.5. The quantitative estimate of drug-likeness (QED) is 0.876. The van der Waals surface area contributed by atoms with Gasteiger partial charge in [0.15, 0.2) is 0 Å². The van der Waals surface area contributed by atoms with Crippen molar-refractivity contribution in [1.82, 2.24) is 10.6 Å². The topological polar surface area (TPSA) is 50.4 Å². The van der Waals surface area contributed by atoms with E-state index in [1.165, 1.54) is 0 Å². The highest BCUT2D eigenvalue weighted by Crippen LogP contribution is 2.32. The van der Waals surface area contributed by atoms with E-state index in [2.05, 4.69) is 10.6 Å². The van der Waals surface area contributed by atoms with Gasteiger partial charge in [-0.25, -0.2) is 4.79 Å². The average molecular weight is 260 g/mol. The molecule has 102 valence electrons. The molecule has 0 spiro atoms. The van der Waals surface area contributed by atoms with Crippen LogP contribution in [0, 0.1) is 0 Å². The molecule has 1 aromatic rings. The molecular weight excluding hydrogens is 240 g/mol. The molecule has 2 bridgehead atoms. The Bertz CT molecular complexity index is 425. The lowest BCUT2D eigenvalue weighted by Gasteiger charge is -2.47. The number of benzene rings is 1. The Balaban J connectivity index is 1.51. The van der Waals surface area contributed by atoms with Gasteiger partial charge >= 0.3 is 6.09 Å². The number of piperidine rings is 2. The zero-order chi connectivity index (χ0) is 13.1. The molecule has 1 amide bonds. The van der Waals surface area contributed by atoms with Gasteiger partial charge in [-0.1, -0.05) is 30.3 Å². The monoisotopic (exact) mass is 260 g/mol. The molecule has 2 saturated heterocycles. The minimum atomic E-state index is -0.300. The normalized spacial score (nSPS) is 28.9. The molecule has 2 N–H and O–H groups in total. The Kier molecular flexibility index (Phi) is 3.42. The Hall–Kier alpha value is -1.55. The second-order valence-corrected chi connectivity index (χ2v) is 5.62. The summed E-state index contributed by atoms with van der Waals surface area (Å²) in [5, 5.41) is 6.53. The zero-order valence-corrected chi connectivity index (χ0v) is 11.0. The van der Waals surface area contributed by atoms with E-state index in [0.29, 0.717) is 12.6 Å². The van der Waals surface area contributed by atoms with Gasteiger partial charge in [-0.3, -0.25) is 0 Å². The number of hydrogen-bond donors (Lipinski definition) is 2. The van der Waals surface area contributed by atoms with Crippen LogP contribution in [0.5, 0.6) is 0 Å². The van der Waals surface area contributed by atoms with Gasteiger partial charge in [-0.05, 0) is 31.2 Å². The largest absolute Gasteiger partial charge is 0.445 e. The molecule has 1 aliphatic carbocycles. The van der Waals surface area contributed by atoms with Gasteiger partial charge in [-0.15, -0.1) is 0 Å². The van der Waals surface area contributed by atoms with Gasteiger partial charge in [0, 0.05) is 12.6 Å². The van der Waals surface area contributed by atoms with Crippen molar-refractivity contribution in [1.29, 1.82) is 0 Å². The fourth-order valence-electron chi connectivity index (χ4n) is 3.04. The third-order valence-corrected chi connectivity index (χ3v) is 4.25. The molecule has 1 aromatic carbocycles. The van der Waals surface area contributed by atoms with Crippen LogP contribution in [0.1, 0.15) is 31.2 Å². The van der Waals surface area contributed by atoms with Crippen LogP contribution in [0.15, 0.2) is 30.3 Å². The van der Waals surface area contributed by atoms with E-state index in [-0.39, 0.29) is 11.6 Å². The van der Waals surface area contributed by atoms with E-state index in [9.17, 15) is 4.79 Å². The maximum Gasteiger partial charge on any atom is 0.407 e. The molecule has 4 nitrogen and oxygen atoms in total. The molecule has 19 heavy (non-hydrogen) atoms. The van der Waals surface area contributed by atoms with Crippen LogP contribution in [0.3, 0.4) is 0 Å². The molecule has 0 unspecified atom stereocenters. The Morgan fingerprint density at radius 2 is 2.05 bits per heavy atom. The number of carbonyl (C=O) groups is 1. The molecule has 4 heteroatoms. The lowest BCUT2D eigenvalue weighted by atomic mass is 9.75. The highest BCUT2D eigenvalue weighted by Gasteiger charge is 2.41. The summed E-state index contributed by atoms with van der Waals surface area (Å²) in [6.07, 6.45) is 4.12. The lowest BCUT2D eigenvalue weighted by Crippen LogP contribution is -2.64. The molecular formula is C15H20N2O2. The standard InChI is InChI=1S/C15H20N2O2/c18-14(19-10-12-4-2-1-3-5-12)17-15-8-6-13(7-9-15)16-11-15/h1-5,13,16H,6-11H2,(H,17,18). The number of alkyl carbamates (subject to hydrolysis) is 1. The lowest BCUT2D eigenvalue weighted by molar-refractivity contribution is 0.0954. The summed E-state index contributed by atoms with van der Waals surface area (Å²) in [4.78, 5) is 11.9. The number of amides is 1. The number of fused-ring (bicyclic) bond motifs is 3. The molecule has 2 heterocycles. The minimum Gasteiger partial charge on any atom is -0.445 e. The van der Waals surface area contributed by atoms with Gasteiger partial charge < -0.3 is 15.4 Å². The van der Waals surface area contributed by atoms with E-state index >= 15 is 0 Å². The van der Waals surface area contributed by atoms with Gasteiger partial charge in [0.1, 0.15) is 6.61 Å². The Morgan fingerprint density at radius 1 is 1.32 bits per heavy atom. The van der Waals surface area contributed by atoms with Crippen LogP contribution < -0.4 is 10.6 Å². The second kappa shape index (κ2) is 5.21. The number of carbonyl (C=O) groups excluding carboxylic acids is 1. The van der Waals surface area contributed by atoms with Crippen molar-refractivity contribution < 1.29 is 9.53 Å². The maximum atomic E-state index is 11.9. The zero-order valence-electron chi connectivity index (χ0n) is 11.0. The SMILES string of the molecule is O=C(NC12CCC(CC1)NC2)OCc1ccccc1. The van der Waals surface area contributed by atoms with Crippen molar-refractivity contribution in [2.75, 3.05) is 6.54 Å². The number of ether oxygens (including phenoxy) is 1. The Labute approximate surface area is 113 Å². The van der Waals surface area contributed by atoms with Crippen molar-refractivity contribution in [3.63, 3.8) is 0 Å². The molecule has 4 rings (SSSR count). The molecule has 3 aliphatic rings. The fraction of sp³-hybridized carbons (Fsp3) is 0.533. The highest BCUT2D eigenvalue weighted by atomic mass is 16.5. The maximum absolute atomic E-state index is 11.9. The summed E-state index contributed by atoms with van der Waals surface area (Å²) < 4.78 is 5.30. The van der Waals surface area contributed by atoms with Crippen LogP contribution >= 0.6 is 0 Å². The first-order valence-corrected chi connectivity index (χ1v) is 6.98. The van der Waals surface area contributed by atoms with Crippen LogP contribution in [0.4, 0.5) is 4.79 Å². The van der Waals surface area contributed by atoms with E-state index in [1.54, 1.807) is 0 Å². The van der Waals surface area contributed by atoms with Gasteiger partial charge in [0.2, 0.25) is 0 Å². The number of nitrogens with one attached hydrogen (secondary N) is 2. The van der Waals surface area contributed by atoms with Crippen molar-refractivity contribution in [2.45, 2.75) is 43.9 Å². The molecule has 0 aromatic heterocycles. The minimum absolute atomic E-state index is 0.0808. The van der Waals surface area contributed by atoms with Crippen LogP contribution in [-0.4, -0.2) is 24.2 Å². The molecule has 0 atom stereocenters. The van der Waals surface area contributed by atoms with E-state index in [1.807, 2.05) is 30.3 Å². The van der Waals surface area contributed by atoms with Crippen molar-refractivity contribution in [3.8, 4) is 0 Å². The van der Waals surface area contributed by atoms with Crippen molar-refractivity contribution >= 4 is 6.09 Å². The predicted molar refractivity (Wildman–Crippen MR) is 72.8 cm³/mol. The second-order valence-electron chi connectivity index (χ2n) is 5.62. The highest BCUT2D eigenvalue weighted by molar-refractivity contribution is 5.68. The van der Waals surface area contributed by atoms with E-state index in [4.69, 9.17) is 4.74 Å². The van der Waals surface area contributed by atoms with Crippen molar-refractivity contribution in [3.05, 3.63) is 35.9 Å². The summed E-state index contributed by atoms with van der Waals surface area (Å²) in [5.74, 6) is 0. The summed E-state index contributed by atoms with van der Waals surface area (Å²) in [6, 6.07) is 10.4. The molecule has 1 saturated carbocycles. The molecule has 0 radical (unpaired) electrons. The molecule has 3 fully saturated rings. The average Bonchev–Trinajstić information content (AvgIpc) is 2.48. The van der Waals surface area contributed by atoms with Crippen molar-refractivity contribution in [2.24, 2.45) is 0 Å². The first-order valence-electron chi connectivity index (χ1n) is 6.98. The van der Waals surface area contributed by atoms with Gasteiger partial charge in [-0.2, -0.15) is 0 Å².